The lowest BCUT2D eigenvalue weighted by molar-refractivity contribution is -0.113. The predicted molar refractivity (Wildman–Crippen MR) is 69.2 cm³/mol. The second kappa shape index (κ2) is 5.81. The molecule has 0 fully saturated rings. The van der Waals surface area contributed by atoms with Crippen molar-refractivity contribution < 1.29 is 4.79 Å². The number of hydrogen-bond donors (Lipinski definition) is 0. The van der Waals surface area contributed by atoms with E-state index in [1.807, 2.05) is 44.2 Å². The van der Waals surface area contributed by atoms with Crippen molar-refractivity contribution in [1.82, 2.24) is 0 Å². The fraction of sp³-hybridized carbons (Fsp3) is 0.200. The number of aryl methyl sites for hydroxylation is 1. The third-order valence-corrected chi connectivity index (χ3v) is 2.38. The zero-order valence-electron chi connectivity index (χ0n) is 10.2. The molecule has 0 aliphatic rings. The van der Waals surface area contributed by atoms with Crippen LogP contribution in [0.3, 0.4) is 0 Å². The fourth-order valence-electron chi connectivity index (χ4n) is 1.48. The molecule has 2 nitrogen and oxygen atoms in total. The molecule has 0 radical (unpaired) electrons. The van der Waals surface area contributed by atoms with Crippen LogP contribution in [0.2, 0.25) is 0 Å². The summed E-state index contributed by atoms with van der Waals surface area (Å²) >= 11 is 0. The van der Waals surface area contributed by atoms with E-state index in [4.69, 9.17) is 5.26 Å². The van der Waals surface area contributed by atoms with Crippen LogP contribution in [0.15, 0.2) is 42.5 Å². The highest BCUT2D eigenvalue weighted by atomic mass is 16.1. The maximum Gasteiger partial charge on any atom is 0.170 e. The largest absolute Gasteiger partial charge is 0.294 e. The van der Waals surface area contributed by atoms with Crippen molar-refractivity contribution in [2.45, 2.75) is 20.3 Å². The van der Waals surface area contributed by atoms with Gasteiger partial charge in [-0.25, -0.2) is 0 Å². The first-order valence-corrected chi connectivity index (χ1v) is 5.39. The Labute approximate surface area is 102 Å². The Morgan fingerprint density at radius 1 is 1.41 bits per heavy atom. The van der Waals surface area contributed by atoms with E-state index in [9.17, 15) is 4.79 Å². The molecule has 0 unspecified atom stereocenters. The Balaban J connectivity index is 3.10. The first-order valence-electron chi connectivity index (χ1n) is 5.39. The topological polar surface area (TPSA) is 40.9 Å². The predicted octanol–water partition coefficient (Wildman–Crippen LogP) is 3.44. The summed E-state index contributed by atoms with van der Waals surface area (Å²) in [6.07, 6.45) is 1.40. The molecule has 0 amide bonds. The smallest absolute Gasteiger partial charge is 0.170 e. The summed E-state index contributed by atoms with van der Waals surface area (Å²) < 4.78 is 0. The maximum absolute atomic E-state index is 11.5. The molecule has 0 aliphatic heterocycles. The van der Waals surface area contributed by atoms with E-state index >= 15 is 0 Å². The van der Waals surface area contributed by atoms with Gasteiger partial charge in [-0.2, -0.15) is 5.26 Å². The monoisotopic (exact) mass is 225 g/mol. The van der Waals surface area contributed by atoms with Gasteiger partial charge in [0.25, 0.3) is 0 Å². The molecule has 0 saturated carbocycles. The molecule has 0 heterocycles. The standard InChI is InChI=1S/C15H15NO/c1-11(2)15(10-14(17)8-9-16)13-6-4-12(3)5-7-13/h4-7,10H,1,8H2,2-3H3/b15-10+. The lowest BCUT2D eigenvalue weighted by Crippen LogP contribution is -1.94. The molecule has 1 aromatic carbocycles. The summed E-state index contributed by atoms with van der Waals surface area (Å²) in [7, 11) is 0. The molecule has 0 aromatic heterocycles. The number of hydrogen-bond acceptors (Lipinski definition) is 2. The summed E-state index contributed by atoms with van der Waals surface area (Å²) in [4.78, 5) is 11.5. The van der Waals surface area contributed by atoms with Gasteiger partial charge in [-0.3, -0.25) is 4.79 Å². The van der Waals surface area contributed by atoms with Crippen LogP contribution in [0.5, 0.6) is 0 Å². The zero-order chi connectivity index (χ0) is 12.8. The van der Waals surface area contributed by atoms with Crippen molar-refractivity contribution in [2.75, 3.05) is 0 Å². The first kappa shape index (κ1) is 12.9. The van der Waals surface area contributed by atoms with Gasteiger partial charge < -0.3 is 0 Å². The maximum atomic E-state index is 11.5. The van der Waals surface area contributed by atoms with Gasteiger partial charge in [0.1, 0.15) is 0 Å². The van der Waals surface area contributed by atoms with Gasteiger partial charge in [-0.1, -0.05) is 42.0 Å². The van der Waals surface area contributed by atoms with Gasteiger partial charge in [-0.15, -0.1) is 0 Å². The average molecular weight is 225 g/mol. The van der Waals surface area contributed by atoms with Crippen LogP contribution >= 0.6 is 0 Å². The van der Waals surface area contributed by atoms with E-state index in [1.165, 1.54) is 6.08 Å². The molecular formula is C15H15NO. The van der Waals surface area contributed by atoms with E-state index in [-0.39, 0.29) is 12.2 Å². The summed E-state index contributed by atoms with van der Waals surface area (Å²) in [5.41, 5.74) is 3.73. The van der Waals surface area contributed by atoms with Gasteiger partial charge >= 0.3 is 0 Å². The Hall–Kier alpha value is -2.14. The van der Waals surface area contributed by atoms with Gasteiger partial charge in [0, 0.05) is 0 Å². The molecule has 0 saturated heterocycles. The van der Waals surface area contributed by atoms with E-state index in [0.717, 1.165) is 22.3 Å². The number of allylic oxidation sites excluding steroid dienone is 3. The van der Waals surface area contributed by atoms with Gasteiger partial charge in [-0.05, 0) is 31.1 Å². The second-order valence-electron chi connectivity index (χ2n) is 4.01. The van der Waals surface area contributed by atoms with Crippen LogP contribution in [0, 0.1) is 18.3 Å². The molecule has 2 heteroatoms. The minimum atomic E-state index is -0.189. The minimum Gasteiger partial charge on any atom is -0.294 e. The number of ketones is 1. The molecule has 0 atom stereocenters. The van der Waals surface area contributed by atoms with Crippen molar-refractivity contribution in [3.05, 3.63) is 53.6 Å². The number of rotatable bonds is 4. The van der Waals surface area contributed by atoms with Crippen LogP contribution < -0.4 is 0 Å². The number of carbonyl (C=O) groups is 1. The SMILES string of the molecule is C=C(C)/C(=C\C(=O)CC#N)c1ccc(C)cc1. The summed E-state index contributed by atoms with van der Waals surface area (Å²) in [6.45, 7) is 7.73. The van der Waals surface area contributed by atoms with E-state index in [0.29, 0.717) is 0 Å². The highest BCUT2D eigenvalue weighted by Gasteiger charge is 2.05. The average Bonchev–Trinajstić information content (AvgIpc) is 2.27. The summed E-state index contributed by atoms with van der Waals surface area (Å²) in [5, 5.41) is 8.47. The van der Waals surface area contributed by atoms with E-state index in [1.54, 1.807) is 0 Å². The molecule has 0 bridgehead atoms. The Morgan fingerprint density at radius 3 is 2.47 bits per heavy atom. The van der Waals surface area contributed by atoms with Crippen LogP contribution in [0.1, 0.15) is 24.5 Å². The Bertz CT molecular complexity index is 501. The highest BCUT2D eigenvalue weighted by Crippen LogP contribution is 2.22. The number of nitrogens with zero attached hydrogens (tertiary/aromatic N) is 1. The van der Waals surface area contributed by atoms with E-state index < -0.39 is 0 Å². The molecule has 1 aromatic rings. The van der Waals surface area contributed by atoms with Crippen molar-refractivity contribution in [2.24, 2.45) is 0 Å². The van der Waals surface area contributed by atoms with Crippen LogP contribution in [-0.2, 0) is 4.79 Å². The molecule has 1 rings (SSSR count). The van der Waals surface area contributed by atoms with Gasteiger partial charge in [0.2, 0.25) is 0 Å². The molecule has 86 valence electrons. The first-order chi connectivity index (χ1) is 8.04. The van der Waals surface area contributed by atoms with Crippen molar-refractivity contribution in [3.63, 3.8) is 0 Å². The Morgan fingerprint density at radius 2 is 2.00 bits per heavy atom. The minimum absolute atomic E-state index is 0.0946. The van der Waals surface area contributed by atoms with Gasteiger partial charge in [0.15, 0.2) is 5.78 Å². The lowest BCUT2D eigenvalue weighted by Gasteiger charge is -2.07. The molecule has 0 spiro atoms. The van der Waals surface area contributed by atoms with Gasteiger partial charge in [0.05, 0.1) is 12.5 Å². The number of benzene rings is 1. The summed E-state index contributed by atoms with van der Waals surface area (Å²) in [5.74, 6) is -0.189. The van der Waals surface area contributed by atoms with Crippen molar-refractivity contribution in [3.8, 4) is 6.07 Å². The number of nitriles is 1. The lowest BCUT2D eigenvalue weighted by atomic mass is 9.97. The van der Waals surface area contributed by atoms with Crippen LogP contribution in [0.25, 0.3) is 5.57 Å². The van der Waals surface area contributed by atoms with Crippen LogP contribution in [-0.4, -0.2) is 5.78 Å². The zero-order valence-corrected chi connectivity index (χ0v) is 10.2. The third kappa shape index (κ3) is 3.73. The van der Waals surface area contributed by atoms with Crippen LogP contribution in [0.4, 0.5) is 0 Å². The molecule has 0 N–H and O–H groups in total. The number of carbonyl (C=O) groups excluding carboxylic acids is 1. The quantitative estimate of drug-likeness (QED) is 0.581. The normalized spacial score (nSPS) is 10.8. The second-order valence-corrected chi connectivity index (χ2v) is 4.01. The van der Waals surface area contributed by atoms with Crippen molar-refractivity contribution in [1.29, 1.82) is 5.26 Å². The highest BCUT2D eigenvalue weighted by molar-refractivity contribution is 6.00. The molecule has 0 aliphatic carbocycles. The third-order valence-electron chi connectivity index (χ3n) is 2.38. The fourth-order valence-corrected chi connectivity index (χ4v) is 1.48. The molecule has 17 heavy (non-hydrogen) atoms. The summed E-state index contributed by atoms with van der Waals surface area (Å²) in [6, 6.07) is 9.73. The van der Waals surface area contributed by atoms with Crippen molar-refractivity contribution >= 4 is 11.4 Å². The Kier molecular flexibility index (Phi) is 4.42. The van der Waals surface area contributed by atoms with E-state index in [2.05, 4.69) is 6.58 Å². The molecular weight excluding hydrogens is 210 g/mol.